The van der Waals surface area contributed by atoms with Gasteiger partial charge in [-0.3, -0.25) is 0 Å². The predicted molar refractivity (Wildman–Crippen MR) is 81.5 cm³/mol. The summed E-state index contributed by atoms with van der Waals surface area (Å²) < 4.78 is 5.90. The van der Waals surface area contributed by atoms with E-state index in [2.05, 4.69) is 11.2 Å². The minimum Gasteiger partial charge on any atom is -0.389 e. The van der Waals surface area contributed by atoms with Gasteiger partial charge < -0.3 is 15.2 Å². The van der Waals surface area contributed by atoms with Crippen molar-refractivity contribution in [3.05, 3.63) is 0 Å². The Labute approximate surface area is 123 Å². The number of hydrogen-bond acceptors (Lipinski definition) is 3. The van der Waals surface area contributed by atoms with Gasteiger partial charge in [0.05, 0.1) is 12.7 Å². The van der Waals surface area contributed by atoms with Gasteiger partial charge in [0.1, 0.15) is 5.60 Å². The van der Waals surface area contributed by atoms with Gasteiger partial charge in [0.15, 0.2) is 0 Å². The number of rotatable bonds is 6. The number of terminal acetylenes is 1. The molecule has 0 aliphatic heterocycles. The highest BCUT2D eigenvalue weighted by atomic mass is 16.5. The van der Waals surface area contributed by atoms with E-state index in [1.54, 1.807) is 0 Å². The van der Waals surface area contributed by atoms with Crippen molar-refractivity contribution in [2.75, 3.05) is 13.2 Å². The van der Waals surface area contributed by atoms with Crippen molar-refractivity contribution in [3.63, 3.8) is 0 Å². The lowest BCUT2D eigenvalue weighted by atomic mass is 9.85. The summed E-state index contributed by atoms with van der Waals surface area (Å²) in [6.45, 7) is 0.967. The lowest BCUT2D eigenvalue weighted by Gasteiger charge is -2.33. The molecule has 0 bridgehead atoms. The van der Waals surface area contributed by atoms with Crippen LogP contribution in [0, 0.1) is 12.3 Å². The quantitative estimate of drug-likeness (QED) is 0.734. The molecule has 2 fully saturated rings. The smallest absolute Gasteiger partial charge is 0.128 e. The molecule has 2 saturated carbocycles. The highest BCUT2D eigenvalue weighted by molar-refractivity contribution is 5.09. The highest BCUT2D eigenvalue weighted by Gasteiger charge is 2.31. The first-order valence-electron chi connectivity index (χ1n) is 8.27. The average molecular weight is 279 g/mol. The fourth-order valence-corrected chi connectivity index (χ4v) is 3.38. The lowest BCUT2D eigenvalue weighted by Crippen LogP contribution is -2.41. The van der Waals surface area contributed by atoms with E-state index in [0.717, 1.165) is 25.7 Å². The van der Waals surface area contributed by atoms with E-state index in [9.17, 15) is 5.11 Å². The summed E-state index contributed by atoms with van der Waals surface area (Å²) in [6, 6.07) is 0.578. The molecule has 0 aromatic rings. The van der Waals surface area contributed by atoms with Gasteiger partial charge in [0.2, 0.25) is 0 Å². The summed E-state index contributed by atoms with van der Waals surface area (Å²) in [7, 11) is 0. The molecule has 0 spiro atoms. The molecule has 2 N–H and O–H groups in total. The lowest BCUT2D eigenvalue weighted by molar-refractivity contribution is -0.0635. The van der Waals surface area contributed by atoms with Crippen LogP contribution in [0.25, 0.3) is 0 Å². The molecule has 2 aliphatic rings. The van der Waals surface area contributed by atoms with Crippen molar-refractivity contribution in [2.45, 2.75) is 82.0 Å². The Bertz CT molecular complexity index is 311. The molecule has 2 aliphatic carbocycles. The molecule has 3 nitrogen and oxygen atoms in total. The van der Waals surface area contributed by atoms with Crippen LogP contribution in [0.4, 0.5) is 0 Å². The molecule has 0 aromatic carbocycles. The zero-order valence-corrected chi connectivity index (χ0v) is 12.6. The fourth-order valence-electron chi connectivity index (χ4n) is 3.38. The van der Waals surface area contributed by atoms with Crippen LogP contribution in [0.1, 0.15) is 64.2 Å². The third-order valence-electron chi connectivity index (χ3n) is 4.72. The Morgan fingerprint density at radius 2 is 1.80 bits per heavy atom. The molecule has 1 unspecified atom stereocenters. The van der Waals surface area contributed by atoms with E-state index in [1.807, 2.05) is 0 Å². The normalized spacial score (nSPS) is 25.0. The van der Waals surface area contributed by atoms with Crippen LogP contribution >= 0.6 is 0 Å². The molecule has 2 rings (SSSR count). The number of hydrogen-bond donors (Lipinski definition) is 2. The average Bonchev–Trinajstić information content (AvgIpc) is 2.53. The molecular weight excluding hydrogens is 250 g/mol. The number of nitrogens with one attached hydrogen (secondary N) is 1. The van der Waals surface area contributed by atoms with Crippen molar-refractivity contribution in [1.82, 2.24) is 5.32 Å². The molecule has 20 heavy (non-hydrogen) atoms. The van der Waals surface area contributed by atoms with Crippen LogP contribution in [0.5, 0.6) is 0 Å². The number of ether oxygens (including phenoxy) is 1. The number of aliphatic hydroxyl groups excluding tert-OH is 1. The van der Waals surface area contributed by atoms with Crippen molar-refractivity contribution in [3.8, 4) is 12.3 Å². The molecular formula is C17H29NO2. The summed E-state index contributed by atoms with van der Waals surface area (Å²) in [4.78, 5) is 0. The SMILES string of the molecule is C#CC1(OCC(O)CNC2CCCCC2)CCCCC1. The van der Waals surface area contributed by atoms with E-state index in [4.69, 9.17) is 11.2 Å². The van der Waals surface area contributed by atoms with E-state index < -0.39 is 11.7 Å². The zero-order valence-electron chi connectivity index (χ0n) is 12.6. The van der Waals surface area contributed by atoms with Gasteiger partial charge >= 0.3 is 0 Å². The van der Waals surface area contributed by atoms with E-state index in [-0.39, 0.29) is 0 Å². The molecule has 0 saturated heterocycles. The predicted octanol–water partition coefficient (Wildman–Crippen LogP) is 2.62. The Morgan fingerprint density at radius 3 is 2.45 bits per heavy atom. The zero-order chi connectivity index (χ0) is 14.3. The van der Waals surface area contributed by atoms with Gasteiger partial charge in [0, 0.05) is 12.6 Å². The largest absolute Gasteiger partial charge is 0.389 e. The van der Waals surface area contributed by atoms with E-state index in [0.29, 0.717) is 19.2 Å². The topological polar surface area (TPSA) is 41.5 Å². The first-order chi connectivity index (χ1) is 9.74. The molecule has 0 radical (unpaired) electrons. The summed E-state index contributed by atoms with van der Waals surface area (Å²) in [5.41, 5.74) is -0.413. The summed E-state index contributed by atoms with van der Waals surface area (Å²) in [5, 5.41) is 13.5. The number of aliphatic hydroxyl groups is 1. The van der Waals surface area contributed by atoms with Gasteiger partial charge in [-0.05, 0) is 38.5 Å². The second-order valence-corrected chi connectivity index (χ2v) is 6.41. The molecule has 0 amide bonds. The standard InChI is InChI=1S/C17H29NO2/c1-2-17(11-7-4-8-12-17)20-14-16(19)13-18-15-9-5-3-6-10-15/h1,15-16,18-19H,3-14H2. The second kappa shape index (κ2) is 8.02. The van der Waals surface area contributed by atoms with Crippen molar-refractivity contribution < 1.29 is 9.84 Å². The summed E-state index contributed by atoms with van der Waals surface area (Å²) >= 11 is 0. The first-order valence-corrected chi connectivity index (χ1v) is 8.27. The molecule has 1 atom stereocenters. The highest BCUT2D eigenvalue weighted by Crippen LogP contribution is 2.31. The van der Waals surface area contributed by atoms with Gasteiger partial charge in [-0.15, -0.1) is 6.42 Å². The monoisotopic (exact) mass is 279 g/mol. The fraction of sp³-hybridized carbons (Fsp3) is 0.882. The van der Waals surface area contributed by atoms with Crippen molar-refractivity contribution in [1.29, 1.82) is 0 Å². The van der Waals surface area contributed by atoms with Gasteiger partial charge in [-0.2, -0.15) is 0 Å². The van der Waals surface area contributed by atoms with Crippen LogP contribution in [0.15, 0.2) is 0 Å². The van der Waals surface area contributed by atoms with E-state index in [1.165, 1.54) is 38.5 Å². The van der Waals surface area contributed by atoms with Crippen molar-refractivity contribution in [2.24, 2.45) is 0 Å². The second-order valence-electron chi connectivity index (χ2n) is 6.41. The van der Waals surface area contributed by atoms with Gasteiger partial charge in [-0.25, -0.2) is 0 Å². The van der Waals surface area contributed by atoms with Crippen molar-refractivity contribution >= 4 is 0 Å². The maximum absolute atomic E-state index is 10.1. The third kappa shape index (κ3) is 4.77. The van der Waals surface area contributed by atoms with Crippen LogP contribution in [-0.4, -0.2) is 36.0 Å². The summed E-state index contributed by atoms with van der Waals surface area (Å²) in [6.07, 6.45) is 17.0. The maximum Gasteiger partial charge on any atom is 0.128 e. The van der Waals surface area contributed by atoms with Crippen LogP contribution in [0.3, 0.4) is 0 Å². The minimum atomic E-state index is -0.455. The Balaban J connectivity index is 1.66. The van der Waals surface area contributed by atoms with E-state index >= 15 is 0 Å². The molecule has 0 aromatic heterocycles. The molecule has 3 heteroatoms. The van der Waals surface area contributed by atoms with Crippen LogP contribution in [0.2, 0.25) is 0 Å². The maximum atomic E-state index is 10.1. The van der Waals surface area contributed by atoms with Crippen LogP contribution < -0.4 is 5.32 Å². The molecule has 114 valence electrons. The summed E-state index contributed by atoms with van der Waals surface area (Å²) in [5.74, 6) is 2.82. The van der Waals surface area contributed by atoms with Gasteiger partial charge in [0.25, 0.3) is 0 Å². The Hall–Kier alpha value is -0.560. The Morgan fingerprint density at radius 1 is 1.15 bits per heavy atom. The molecule has 0 heterocycles. The Kier molecular flexibility index (Phi) is 6.35. The van der Waals surface area contributed by atoms with Crippen LogP contribution in [-0.2, 0) is 4.74 Å². The first kappa shape index (κ1) is 15.8. The van der Waals surface area contributed by atoms with Gasteiger partial charge in [-0.1, -0.05) is 31.6 Å². The minimum absolute atomic E-state index is 0.351. The third-order valence-corrected chi connectivity index (χ3v) is 4.72.